The molecule has 92 valence electrons. The molecule has 0 bridgehead atoms. The summed E-state index contributed by atoms with van der Waals surface area (Å²) in [7, 11) is -0.590. The van der Waals surface area contributed by atoms with Crippen molar-refractivity contribution in [2.75, 3.05) is 0 Å². The first-order valence-electron chi connectivity index (χ1n) is 4.90. The zero-order valence-corrected chi connectivity index (χ0v) is 16.6. The van der Waals surface area contributed by atoms with Gasteiger partial charge in [0.2, 0.25) is 0 Å². The fourth-order valence-corrected chi connectivity index (χ4v) is 4.14. The number of hydrogen-bond donors (Lipinski definition) is 0. The van der Waals surface area contributed by atoms with Crippen LogP contribution < -0.4 is 24.8 Å². The minimum atomic E-state index is -0.590. The zero-order valence-electron chi connectivity index (χ0n) is 9.93. The number of rotatable bonds is 1. The first-order valence-corrected chi connectivity index (χ1v) is 8.58. The van der Waals surface area contributed by atoms with Crippen molar-refractivity contribution in [3.05, 3.63) is 46.1 Å². The van der Waals surface area contributed by atoms with E-state index < -0.39 is 8.80 Å². The van der Waals surface area contributed by atoms with E-state index in [1.165, 1.54) is 9.68 Å². The van der Waals surface area contributed by atoms with Gasteiger partial charge in [0, 0.05) is 8.80 Å². The van der Waals surface area contributed by atoms with Crippen LogP contribution in [0.5, 0.6) is 0 Å². The molecule has 0 amide bonds. The summed E-state index contributed by atoms with van der Waals surface area (Å²) in [5.41, 5.74) is 0. The maximum Gasteiger partial charge on any atom is 4.00 e. The van der Waals surface area contributed by atoms with Crippen molar-refractivity contribution in [1.82, 2.24) is 0 Å². The topological polar surface area (TPSA) is 0 Å². The Morgan fingerprint density at radius 2 is 1.88 bits per heavy atom. The van der Waals surface area contributed by atoms with E-state index >= 15 is 0 Å². The third kappa shape index (κ3) is 9.67. The molecule has 2 aliphatic rings. The van der Waals surface area contributed by atoms with Crippen LogP contribution in [0.25, 0.3) is 0 Å². The number of halogens is 3. The molecule has 0 aromatic heterocycles. The summed E-state index contributed by atoms with van der Waals surface area (Å²) < 4.78 is 1.30. The van der Waals surface area contributed by atoms with Crippen LogP contribution in [-0.2, 0) is 26.2 Å². The van der Waals surface area contributed by atoms with Gasteiger partial charge in [-0.1, -0.05) is 13.1 Å². The molecule has 2 aliphatic carbocycles. The zero-order chi connectivity index (χ0) is 10.4. The maximum absolute atomic E-state index is 3.50. The molecule has 0 spiro atoms. The second kappa shape index (κ2) is 13.5. The van der Waals surface area contributed by atoms with E-state index in [0.29, 0.717) is 0 Å². The van der Waals surface area contributed by atoms with Gasteiger partial charge >= 0.3 is 26.2 Å². The molecule has 0 nitrogen and oxygen atoms in total. The smallest absolute Gasteiger partial charge is 1.00 e. The van der Waals surface area contributed by atoms with E-state index in [9.17, 15) is 0 Å². The average Bonchev–Trinajstić information content (AvgIpc) is 2.74. The first-order chi connectivity index (χ1) is 6.72. The molecule has 0 heterocycles. The molecular weight excluding hydrogens is 414 g/mol. The SMILES string of the molecule is C[SiH](C)C1=[C-]CC=C1Br.[C-]1=CC=CC1.[Cl-].[Cl-].[Zr+4]. The second-order valence-corrected chi connectivity index (χ2v) is 7.25. The molecule has 0 atom stereocenters. The van der Waals surface area contributed by atoms with Gasteiger partial charge in [-0.05, 0) is 0 Å². The second-order valence-electron chi connectivity index (χ2n) is 3.50. The van der Waals surface area contributed by atoms with E-state index in [-0.39, 0.29) is 51.0 Å². The molecule has 0 fully saturated rings. The third-order valence-electron chi connectivity index (χ3n) is 1.99. The largest absolute Gasteiger partial charge is 4.00 e. The maximum atomic E-state index is 3.50. The van der Waals surface area contributed by atoms with Gasteiger partial charge in [-0.3, -0.25) is 12.2 Å². The van der Waals surface area contributed by atoms with Crippen LogP contribution in [0.1, 0.15) is 12.8 Å². The van der Waals surface area contributed by atoms with Gasteiger partial charge in [-0.2, -0.15) is 28.1 Å². The van der Waals surface area contributed by atoms with Crippen molar-refractivity contribution < 1.29 is 51.0 Å². The Bertz CT molecular complexity index is 300. The Hall–Kier alpha value is 1.12. The van der Waals surface area contributed by atoms with Crippen LogP contribution >= 0.6 is 15.9 Å². The predicted octanol–water partition coefficient (Wildman–Crippen LogP) is -2.26. The molecule has 0 saturated heterocycles. The summed E-state index contributed by atoms with van der Waals surface area (Å²) in [6, 6.07) is 0. The van der Waals surface area contributed by atoms with Gasteiger partial charge < -0.3 is 24.8 Å². The molecule has 17 heavy (non-hydrogen) atoms. The molecular formula is C12H15BrCl2SiZr. The molecule has 0 aromatic rings. The van der Waals surface area contributed by atoms with Crippen molar-refractivity contribution in [2.24, 2.45) is 0 Å². The molecule has 0 saturated carbocycles. The normalized spacial score (nSPS) is 14.8. The summed E-state index contributed by atoms with van der Waals surface area (Å²) in [5.74, 6) is 0. The Balaban J connectivity index is -0.000000216. The average molecular weight is 429 g/mol. The number of hydrogen-bond acceptors (Lipinski definition) is 0. The third-order valence-corrected chi connectivity index (χ3v) is 4.84. The van der Waals surface area contributed by atoms with Crippen molar-refractivity contribution in [3.63, 3.8) is 0 Å². The molecule has 0 aromatic carbocycles. The van der Waals surface area contributed by atoms with Crippen LogP contribution in [0.3, 0.4) is 0 Å². The number of allylic oxidation sites excluding steroid dienone is 8. The van der Waals surface area contributed by atoms with E-state index in [2.05, 4.69) is 53.3 Å². The van der Waals surface area contributed by atoms with Gasteiger partial charge in [0.05, 0.1) is 0 Å². The molecule has 2 rings (SSSR count). The Labute approximate surface area is 146 Å². The van der Waals surface area contributed by atoms with Gasteiger partial charge in [-0.25, -0.2) is 17.3 Å². The molecule has 0 N–H and O–H groups in total. The van der Waals surface area contributed by atoms with E-state index in [1.54, 1.807) is 0 Å². The quantitative estimate of drug-likeness (QED) is 0.326. The van der Waals surface area contributed by atoms with E-state index in [4.69, 9.17) is 0 Å². The van der Waals surface area contributed by atoms with E-state index in [1.807, 2.05) is 12.2 Å². The minimum absolute atomic E-state index is 0. The van der Waals surface area contributed by atoms with Crippen LogP contribution in [0.2, 0.25) is 13.1 Å². The van der Waals surface area contributed by atoms with Crippen molar-refractivity contribution >= 4 is 24.7 Å². The van der Waals surface area contributed by atoms with Gasteiger partial charge in [-0.15, -0.1) is 17.3 Å². The molecule has 0 unspecified atom stereocenters. The minimum Gasteiger partial charge on any atom is -1.00 e. The van der Waals surface area contributed by atoms with Crippen molar-refractivity contribution in [3.8, 4) is 0 Å². The van der Waals surface area contributed by atoms with Crippen LogP contribution in [0.4, 0.5) is 0 Å². The van der Waals surface area contributed by atoms with Gasteiger partial charge in [0.1, 0.15) is 0 Å². The van der Waals surface area contributed by atoms with Crippen LogP contribution in [0.15, 0.2) is 34.0 Å². The fourth-order valence-electron chi connectivity index (χ4n) is 1.27. The summed E-state index contributed by atoms with van der Waals surface area (Å²) in [6.07, 6.45) is 16.5. The van der Waals surface area contributed by atoms with Crippen molar-refractivity contribution in [1.29, 1.82) is 0 Å². The van der Waals surface area contributed by atoms with Crippen molar-refractivity contribution in [2.45, 2.75) is 25.9 Å². The van der Waals surface area contributed by atoms with Gasteiger partial charge in [0.15, 0.2) is 0 Å². The molecule has 0 aliphatic heterocycles. The Morgan fingerprint density at radius 3 is 2.06 bits per heavy atom. The van der Waals surface area contributed by atoms with Gasteiger partial charge in [0.25, 0.3) is 0 Å². The standard InChI is InChI=1S/C7H10BrSi.C5H5.2ClH.Zr/c1-9(2)7-5-3-4-6(7)8;1-2-4-5-3-1;;;/h4,9H,3H2,1-2H3;1-3H,4H2;2*1H;/q2*-1;;;+4/p-2. The van der Waals surface area contributed by atoms with Crippen LogP contribution in [-0.4, -0.2) is 8.80 Å². The molecule has 0 radical (unpaired) electrons. The summed E-state index contributed by atoms with van der Waals surface area (Å²) in [6.45, 7) is 4.64. The van der Waals surface area contributed by atoms with E-state index in [0.717, 1.165) is 12.8 Å². The molecule has 5 heteroatoms. The summed E-state index contributed by atoms with van der Waals surface area (Å²) >= 11 is 3.50. The first kappa shape index (κ1) is 23.2. The summed E-state index contributed by atoms with van der Waals surface area (Å²) in [5, 5.41) is 1.47. The fraction of sp³-hybridized carbons (Fsp3) is 0.333. The monoisotopic (exact) mass is 426 g/mol. The Kier molecular flexibility index (Phi) is 18.5. The predicted molar refractivity (Wildman–Crippen MR) is 68.8 cm³/mol. The summed E-state index contributed by atoms with van der Waals surface area (Å²) in [4.78, 5) is 0. The Morgan fingerprint density at radius 1 is 1.24 bits per heavy atom. The van der Waals surface area contributed by atoms with Crippen LogP contribution in [0, 0.1) is 12.2 Å².